The predicted octanol–water partition coefficient (Wildman–Crippen LogP) is 6.87. The average Bonchev–Trinajstić information content (AvgIpc) is 3.01. The minimum absolute atomic E-state index is 0.185. The summed E-state index contributed by atoms with van der Waals surface area (Å²) in [6.07, 6.45) is 0.346. The lowest BCUT2D eigenvalue weighted by Gasteiger charge is -2.45. The van der Waals surface area contributed by atoms with Crippen molar-refractivity contribution in [2.75, 3.05) is 13.1 Å². The van der Waals surface area contributed by atoms with E-state index >= 15 is 0 Å². The maximum atomic E-state index is 12.9. The van der Waals surface area contributed by atoms with Crippen LogP contribution in [0.2, 0.25) is 0 Å². The van der Waals surface area contributed by atoms with Crippen LogP contribution in [0.4, 0.5) is 9.59 Å². The second-order valence-corrected chi connectivity index (χ2v) is 14.7. The summed E-state index contributed by atoms with van der Waals surface area (Å²) >= 11 is 0. The zero-order valence-electron chi connectivity index (χ0n) is 30.6. The van der Waals surface area contributed by atoms with E-state index < -0.39 is 35.3 Å². The number of imide groups is 1. The van der Waals surface area contributed by atoms with Gasteiger partial charge >= 0.3 is 12.2 Å². The zero-order valence-corrected chi connectivity index (χ0v) is 30.6. The van der Waals surface area contributed by atoms with E-state index in [1.165, 1.54) is 10.5 Å². The minimum atomic E-state index is -0.831. The molecule has 2 aliphatic rings. The Hall–Kier alpha value is -3.92. The number of amides is 4. The summed E-state index contributed by atoms with van der Waals surface area (Å²) in [5.41, 5.74) is 1.08. The highest BCUT2D eigenvalue weighted by Gasteiger charge is 2.47. The van der Waals surface area contributed by atoms with Gasteiger partial charge in [-0.15, -0.1) is 0 Å². The van der Waals surface area contributed by atoms with Gasteiger partial charge in [0.1, 0.15) is 23.3 Å². The molecule has 10 heteroatoms. The topological polar surface area (TPSA) is 99.7 Å². The number of carbonyl (C=O) groups excluding carboxylic acids is 4. The number of hydrogen-bond acceptors (Lipinski definition) is 7. The van der Waals surface area contributed by atoms with Crippen molar-refractivity contribution in [2.24, 2.45) is 0 Å². The Labute approximate surface area is 287 Å². The molecule has 4 amide bonds. The van der Waals surface area contributed by atoms with Crippen LogP contribution < -0.4 is 0 Å². The van der Waals surface area contributed by atoms with Crippen molar-refractivity contribution in [3.05, 3.63) is 71.8 Å². The molecule has 0 bridgehead atoms. The number of nitrogens with zero attached hydrogens (tertiary/aromatic N) is 4. The third-order valence-electron chi connectivity index (χ3n) is 8.41. The van der Waals surface area contributed by atoms with Gasteiger partial charge in [-0.1, -0.05) is 74.5 Å². The van der Waals surface area contributed by atoms with E-state index in [4.69, 9.17) is 9.47 Å². The number of benzene rings is 2. The first-order valence-electron chi connectivity index (χ1n) is 17.1. The summed E-state index contributed by atoms with van der Waals surface area (Å²) < 4.78 is 10.9. The Bertz CT molecular complexity index is 1370. The zero-order chi connectivity index (χ0) is 35.8. The molecule has 0 aromatic heterocycles. The van der Waals surface area contributed by atoms with Gasteiger partial charge in [-0.3, -0.25) is 14.5 Å². The first kappa shape index (κ1) is 38.5. The molecular formula is C38H56N4O6. The molecule has 0 radical (unpaired) electrons. The molecule has 2 fully saturated rings. The van der Waals surface area contributed by atoms with Crippen LogP contribution in [-0.2, 0) is 32.2 Å². The molecular weight excluding hydrogens is 608 g/mol. The standard InChI is InChI=1S/C19H26N2O4.C19H30N2O2/c1-6-15-17(23)20(12-14-10-8-7-9-11-14)13(2)16(22)21(15)18(24)25-19(3,4)5;1-6-17-14-20(13-16-10-8-7-9-11-16)15(2)12-21(17)18(22)23-19(3,4)5/h7-11,13,15H,6,12H2,1-5H3;7-11,15,17H,6,12-14H2,1-5H3/t13-,15+;15-,17+/m11/s1. The average molecular weight is 665 g/mol. The SMILES string of the molecule is CC[C@H]1C(=O)N(Cc2ccccc2)[C@H](C)C(=O)N1C(=O)OC(C)(C)C.CC[C@H]1CN(Cc2ccccc2)[C@H](C)CN1C(=O)OC(C)(C)C. The largest absolute Gasteiger partial charge is 0.444 e. The molecule has 2 aromatic rings. The van der Waals surface area contributed by atoms with Gasteiger partial charge in [0.15, 0.2) is 0 Å². The molecule has 48 heavy (non-hydrogen) atoms. The molecule has 264 valence electrons. The molecule has 0 unspecified atom stereocenters. The van der Waals surface area contributed by atoms with E-state index in [0.29, 0.717) is 19.0 Å². The molecule has 2 saturated heterocycles. The quantitative estimate of drug-likeness (QED) is 0.333. The van der Waals surface area contributed by atoms with Crippen molar-refractivity contribution in [1.82, 2.24) is 19.6 Å². The molecule has 4 atom stereocenters. The van der Waals surface area contributed by atoms with Gasteiger partial charge in [0.05, 0.1) is 0 Å². The van der Waals surface area contributed by atoms with Crippen LogP contribution in [0.5, 0.6) is 0 Å². The van der Waals surface area contributed by atoms with E-state index in [1.807, 2.05) is 62.1 Å². The summed E-state index contributed by atoms with van der Waals surface area (Å²) in [5, 5.41) is 0. The highest BCUT2D eigenvalue weighted by atomic mass is 16.6. The second-order valence-electron chi connectivity index (χ2n) is 14.7. The van der Waals surface area contributed by atoms with Gasteiger partial charge in [-0.2, -0.15) is 0 Å². The van der Waals surface area contributed by atoms with Gasteiger partial charge in [0.25, 0.3) is 5.91 Å². The highest BCUT2D eigenvalue weighted by molar-refractivity contribution is 6.04. The predicted molar refractivity (Wildman–Crippen MR) is 187 cm³/mol. The van der Waals surface area contributed by atoms with Crippen LogP contribution in [-0.4, -0.2) is 92.1 Å². The van der Waals surface area contributed by atoms with Crippen LogP contribution in [0.1, 0.15) is 93.2 Å². The van der Waals surface area contributed by atoms with Crippen molar-refractivity contribution in [1.29, 1.82) is 0 Å². The van der Waals surface area contributed by atoms with E-state index in [0.717, 1.165) is 36.5 Å². The molecule has 2 aliphatic heterocycles. The third-order valence-corrected chi connectivity index (χ3v) is 8.41. The van der Waals surface area contributed by atoms with Crippen LogP contribution in [0.3, 0.4) is 0 Å². The first-order valence-corrected chi connectivity index (χ1v) is 17.1. The lowest BCUT2D eigenvalue weighted by atomic mass is 10.0. The van der Waals surface area contributed by atoms with Gasteiger partial charge < -0.3 is 19.3 Å². The van der Waals surface area contributed by atoms with E-state index in [9.17, 15) is 19.2 Å². The summed E-state index contributed by atoms with van der Waals surface area (Å²) in [6, 6.07) is 19.0. The third kappa shape index (κ3) is 10.5. The van der Waals surface area contributed by atoms with Crippen LogP contribution in [0.25, 0.3) is 0 Å². The Morgan fingerprint density at radius 1 is 0.708 bits per heavy atom. The maximum absolute atomic E-state index is 12.9. The molecule has 0 aliphatic carbocycles. The van der Waals surface area contributed by atoms with Crippen LogP contribution in [0, 0.1) is 0 Å². The summed E-state index contributed by atoms with van der Waals surface area (Å²) in [7, 11) is 0. The fourth-order valence-electron chi connectivity index (χ4n) is 5.89. The Balaban J connectivity index is 0.000000261. The summed E-state index contributed by atoms with van der Waals surface area (Å²) in [4.78, 5) is 57.6. The van der Waals surface area contributed by atoms with Crippen molar-refractivity contribution in [3.63, 3.8) is 0 Å². The van der Waals surface area contributed by atoms with E-state index in [1.54, 1.807) is 34.6 Å². The van der Waals surface area contributed by atoms with Gasteiger partial charge in [-0.05, 0) is 79.4 Å². The smallest absolute Gasteiger partial charge is 0.417 e. The number of rotatable bonds is 6. The molecule has 4 rings (SSSR count). The van der Waals surface area contributed by atoms with Gasteiger partial charge in [0.2, 0.25) is 5.91 Å². The van der Waals surface area contributed by atoms with Crippen molar-refractivity contribution >= 4 is 24.0 Å². The molecule has 10 nitrogen and oxygen atoms in total. The van der Waals surface area contributed by atoms with Crippen molar-refractivity contribution < 1.29 is 28.7 Å². The number of hydrogen-bond donors (Lipinski definition) is 0. The summed E-state index contributed by atoms with van der Waals surface area (Å²) in [6.45, 7) is 21.6. The van der Waals surface area contributed by atoms with Crippen LogP contribution in [0.15, 0.2) is 60.7 Å². The Kier molecular flexibility index (Phi) is 13.2. The van der Waals surface area contributed by atoms with Gasteiger partial charge in [0, 0.05) is 38.3 Å². The molecule has 0 N–H and O–H groups in total. The maximum Gasteiger partial charge on any atom is 0.417 e. The number of carbonyl (C=O) groups is 4. The normalized spacial score (nSPS) is 22.2. The minimum Gasteiger partial charge on any atom is -0.444 e. The number of ether oxygens (including phenoxy) is 2. The fourth-order valence-corrected chi connectivity index (χ4v) is 5.89. The highest BCUT2D eigenvalue weighted by Crippen LogP contribution is 2.25. The molecule has 2 heterocycles. The number of piperazine rings is 2. The van der Waals surface area contributed by atoms with E-state index in [-0.39, 0.29) is 18.0 Å². The lowest BCUT2D eigenvalue weighted by molar-refractivity contribution is -0.160. The summed E-state index contributed by atoms with van der Waals surface area (Å²) in [5.74, 6) is -0.638. The van der Waals surface area contributed by atoms with Gasteiger partial charge in [-0.25, -0.2) is 14.5 Å². The molecule has 2 aromatic carbocycles. The Morgan fingerprint density at radius 2 is 1.21 bits per heavy atom. The monoisotopic (exact) mass is 664 g/mol. The van der Waals surface area contributed by atoms with E-state index in [2.05, 4.69) is 43.0 Å². The molecule has 0 saturated carbocycles. The lowest BCUT2D eigenvalue weighted by Crippen LogP contribution is -2.65. The second kappa shape index (κ2) is 16.5. The Morgan fingerprint density at radius 3 is 1.69 bits per heavy atom. The first-order chi connectivity index (χ1) is 22.5. The van der Waals surface area contributed by atoms with Crippen LogP contribution >= 0.6 is 0 Å². The van der Waals surface area contributed by atoms with Crippen molar-refractivity contribution in [3.8, 4) is 0 Å². The van der Waals surface area contributed by atoms with Crippen molar-refractivity contribution in [2.45, 2.75) is 131 Å². The fraction of sp³-hybridized carbons (Fsp3) is 0.579. The molecule has 0 spiro atoms.